The van der Waals surface area contributed by atoms with Gasteiger partial charge in [-0.05, 0) is 31.3 Å². The van der Waals surface area contributed by atoms with Gasteiger partial charge >= 0.3 is 0 Å². The van der Waals surface area contributed by atoms with Crippen LogP contribution in [0.15, 0.2) is 18.2 Å². The second-order valence-electron chi connectivity index (χ2n) is 3.64. The van der Waals surface area contributed by atoms with Crippen LogP contribution in [0.2, 0.25) is 0 Å². The summed E-state index contributed by atoms with van der Waals surface area (Å²) >= 11 is 0. The van der Waals surface area contributed by atoms with Crippen LogP contribution in [0.4, 0.5) is 0 Å². The molecule has 2 radical (unpaired) electrons. The molecule has 2 heterocycles. The van der Waals surface area contributed by atoms with E-state index >= 15 is 0 Å². The highest BCUT2D eigenvalue weighted by Gasteiger charge is 2.16. The van der Waals surface area contributed by atoms with Gasteiger partial charge in [0.1, 0.15) is 0 Å². The molecular weight excluding hydrogens is 173 g/mol. The summed E-state index contributed by atoms with van der Waals surface area (Å²) in [5, 5.41) is 0. The largest absolute Gasteiger partial charge is 0.381 e. The van der Waals surface area contributed by atoms with Crippen LogP contribution in [0.1, 0.15) is 30.1 Å². The molecule has 1 saturated heterocycles. The van der Waals surface area contributed by atoms with Crippen LogP contribution in [0, 0.1) is 0 Å². The third kappa shape index (κ3) is 2.15. The van der Waals surface area contributed by atoms with Gasteiger partial charge in [-0.1, -0.05) is 6.07 Å². The van der Waals surface area contributed by atoms with E-state index in [4.69, 9.17) is 12.6 Å². The molecule has 0 N–H and O–H groups in total. The summed E-state index contributed by atoms with van der Waals surface area (Å²) in [6.07, 6.45) is 2.69. The fourth-order valence-corrected chi connectivity index (χ4v) is 1.83. The molecular formula is C11H14BNO. The van der Waals surface area contributed by atoms with Crippen molar-refractivity contribution in [1.82, 2.24) is 4.98 Å². The molecule has 2 rings (SSSR count). The predicted octanol–water partition coefficient (Wildman–Crippen LogP) is 1.64. The van der Waals surface area contributed by atoms with Crippen LogP contribution in [0.5, 0.6) is 0 Å². The zero-order chi connectivity index (χ0) is 9.80. The van der Waals surface area contributed by atoms with E-state index in [9.17, 15) is 0 Å². The van der Waals surface area contributed by atoms with Gasteiger partial charge in [0, 0.05) is 30.5 Å². The van der Waals surface area contributed by atoms with Gasteiger partial charge in [0.05, 0.1) is 7.85 Å². The standard InChI is InChI=1S/C11H14BNO/c12-8-10-2-1-3-11(13-10)9-4-6-14-7-5-9/h1-3,9H,4-8H2. The van der Waals surface area contributed by atoms with Crippen LogP contribution in [-0.4, -0.2) is 26.0 Å². The van der Waals surface area contributed by atoms with E-state index < -0.39 is 0 Å². The highest BCUT2D eigenvalue weighted by atomic mass is 16.5. The Kier molecular flexibility index (Phi) is 3.20. The van der Waals surface area contributed by atoms with Crippen LogP contribution in [0.25, 0.3) is 0 Å². The van der Waals surface area contributed by atoms with Crippen molar-refractivity contribution in [2.24, 2.45) is 0 Å². The third-order valence-corrected chi connectivity index (χ3v) is 2.68. The summed E-state index contributed by atoms with van der Waals surface area (Å²) in [7, 11) is 5.56. The fourth-order valence-electron chi connectivity index (χ4n) is 1.83. The first-order chi connectivity index (χ1) is 6.90. The Morgan fingerprint density at radius 2 is 2.14 bits per heavy atom. The smallest absolute Gasteiger partial charge is 0.0738 e. The van der Waals surface area contributed by atoms with E-state index in [0.717, 1.165) is 31.7 Å². The molecule has 1 aliphatic rings. The second-order valence-corrected chi connectivity index (χ2v) is 3.64. The minimum Gasteiger partial charge on any atom is -0.381 e. The van der Waals surface area contributed by atoms with Gasteiger partial charge in [0.25, 0.3) is 0 Å². The molecule has 14 heavy (non-hydrogen) atoms. The minimum atomic E-state index is 0.525. The maximum absolute atomic E-state index is 5.56. The van der Waals surface area contributed by atoms with Gasteiger partial charge in [-0.2, -0.15) is 0 Å². The molecule has 1 fully saturated rings. The second kappa shape index (κ2) is 4.60. The summed E-state index contributed by atoms with van der Waals surface area (Å²) < 4.78 is 5.33. The normalized spacial score (nSPS) is 18.3. The summed E-state index contributed by atoms with van der Waals surface area (Å²) in [5.74, 6) is 0.565. The number of pyridine rings is 1. The van der Waals surface area contributed by atoms with Crippen molar-refractivity contribution in [1.29, 1.82) is 0 Å². The fraction of sp³-hybridized carbons (Fsp3) is 0.545. The zero-order valence-corrected chi connectivity index (χ0v) is 8.28. The van der Waals surface area contributed by atoms with Crippen LogP contribution < -0.4 is 0 Å². The molecule has 3 heteroatoms. The highest BCUT2D eigenvalue weighted by molar-refractivity contribution is 6.08. The first-order valence-corrected chi connectivity index (χ1v) is 5.14. The Morgan fingerprint density at radius 1 is 1.36 bits per heavy atom. The van der Waals surface area contributed by atoms with Gasteiger partial charge in [0.15, 0.2) is 0 Å². The average molecular weight is 187 g/mol. The number of hydrogen-bond donors (Lipinski definition) is 0. The summed E-state index contributed by atoms with van der Waals surface area (Å²) in [5.41, 5.74) is 2.16. The van der Waals surface area contributed by atoms with Gasteiger partial charge in [-0.25, -0.2) is 0 Å². The van der Waals surface area contributed by atoms with Gasteiger partial charge in [-0.15, -0.1) is 0 Å². The minimum absolute atomic E-state index is 0.525. The van der Waals surface area contributed by atoms with Gasteiger partial charge < -0.3 is 4.74 Å². The molecule has 0 spiro atoms. The number of aromatic nitrogens is 1. The Balaban J connectivity index is 2.13. The molecule has 2 nitrogen and oxygen atoms in total. The topological polar surface area (TPSA) is 22.1 Å². The average Bonchev–Trinajstić information content (AvgIpc) is 2.30. The Hall–Kier alpha value is -0.825. The maximum Gasteiger partial charge on any atom is 0.0738 e. The molecule has 0 bridgehead atoms. The molecule has 0 aliphatic carbocycles. The number of hydrogen-bond acceptors (Lipinski definition) is 2. The monoisotopic (exact) mass is 187 g/mol. The lowest BCUT2D eigenvalue weighted by atomic mass is 9.94. The van der Waals surface area contributed by atoms with E-state index in [-0.39, 0.29) is 0 Å². The van der Waals surface area contributed by atoms with Crippen LogP contribution >= 0.6 is 0 Å². The van der Waals surface area contributed by atoms with Crippen molar-refractivity contribution in [3.63, 3.8) is 0 Å². The van der Waals surface area contributed by atoms with Crippen molar-refractivity contribution in [3.8, 4) is 0 Å². The molecule has 0 unspecified atom stereocenters. The lowest BCUT2D eigenvalue weighted by molar-refractivity contribution is 0.0845. The van der Waals surface area contributed by atoms with Gasteiger partial charge in [0.2, 0.25) is 0 Å². The summed E-state index contributed by atoms with van der Waals surface area (Å²) in [4.78, 5) is 4.53. The summed E-state index contributed by atoms with van der Waals surface area (Å²) in [6, 6.07) is 6.11. The first-order valence-electron chi connectivity index (χ1n) is 5.14. The van der Waals surface area contributed by atoms with Crippen molar-refractivity contribution < 1.29 is 4.74 Å². The molecule has 72 valence electrons. The molecule has 0 atom stereocenters. The SMILES string of the molecule is [B]Cc1cccc(C2CCOCC2)n1. The predicted molar refractivity (Wildman–Crippen MR) is 56.5 cm³/mol. The highest BCUT2D eigenvalue weighted by Crippen LogP contribution is 2.25. The molecule has 0 saturated carbocycles. The van der Waals surface area contributed by atoms with Crippen molar-refractivity contribution in [3.05, 3.63) is 29.6 Å². The number of ether oxygens (including phenoxy) is 1. The molecule has 1 aromatic heterocycles. The Labute approximate surface area is 86.1 Å². The Bertz CT molecular complexity index is 297. The van der Waals surface area contributed by atoms with Gasteiger partial charge in [-0.3, -0.25) is 4.98 Å². The lowest BCUT2D eigenvalue weighted by Gasteiger charge is -2.21. The lowest BCUT2D eigenvalue weighted by Crippen LogP contribution is -2.15. The van der Waals surface area contributed by atoms with E-state index in [1.165, 1.54) is 5.69 Å². The molecule has 0 amide bonds. The zero-order valence-electron chi connectivity index (χ0n) is 8.28. The van der Waals surface area contributed by atoms with E-state index in [1.54, 1.807) is 0 Å². The van der Waals surface area contributed by atoms with E-state index in [2.05, 4.69) is 11.1 Å². The van der Waals surface area contributed by atoms with Crippen molar-refractivity contribution in [2.75, 3.05) is 13.2 Å². The van der Waals surface area contributed by atoms with Crippen LogP contribution in [0.3, 0.4) is 0 Å². The molecule has 0 aromatic carbocycles. The third-order valence-electron chi connectivity index (χ3n) is 2.68. The molecule has 1 aliphatic heterocycles. The number of nitrogens with zero attached hydrogens (tertiary/aromatic N) is 1. The Morgan fingerprint density at radius 3 is 2.86 bits per heavy atom. The summed E-state index contributed by atoms with van der Waals surface area (Å²) in [6.45, 7) is 1.72. The molecule has 1 aromatic rings. The maximum atomic E-state index is 5.56. The van der Waals surface area contributed by atoms with E-state index in [1.807, 2.05) is 12.1 Å². The quantitative estimate of drug-likeness (QED) is 0.656. The first kappa shape index (κ1) is 9.72. The van der Waals surface area contributed by atoms with Crippen molar-refractivity contribution in [2.45, 2.75) is 25.1 Å². The number of rotatable bonds is 2. The van der Waals surface area contributed by atoms with E-state index in [0.29, 0.717) is 12.2 Å². The van der Waals surface area contributed by atoms with Crippen molar-refractivity contribution >= 4 is 7.85 Å². The van der Waals surface area contributed by atoms with Crippen LogP contribution in [-0.2, 0) is 11.1 Å².